The third-order valence-electron chi connectivity index (χ3n) is 5.39. The Morgan fingerprint density at radius 2 is 1.52 bits per heavy atom. The first-order chi connectivity index (χ1) is 11.4. The minimum atomic E-state index is 0.622. The smallest absolute Gasteiger partial charge is 0.133 e. The van der Waals surface area contributed by atoms with Gasteiger partial charge in [0.15, 0.2) is 0 Å². The summed E-state index contributed by atoms with van der Waals surface area (Å²) in [7, 11) is 0. The van der Waals surface area contributed by atoms with Crippen LogP contribution in [0, 0.1) is 11.8 Å². The normalized spacial score (nSPS) is 26.6. The Morgan fingerprint density at radius 3 is 2.17 bits per heavy atom. The lowest BCUT2D eigenvalue weighted by molar-refractivity contribution is 0.533. The van der Waals surface area contributed by atoms with Gasteiger partial charge in [0.1, 0.15) is 17.5 Å². The summed E-state index contributed by atoms with van der Waals surface area (Å²) >= 11 is 0. The molecular formula is C18H21N5. The molecule has 0 N–H and O–H groups in total. The molecule has 2 aromatic heterocycles. The van der Waals surface area contributed by atoms with Crippen LogP contribution in [0.15, 0.2) is 36.7 Å². The van der Waals surface area contributed by atoms with E-state index in [1.165, 1.54) is 12.8 Å². The van der Waals surface area contributed by atoms with E-state index in [4.69, 9.17) is 4.98 Å². The standard InChI is InChI=1S/C18H21N5/c1-2-7-19-16(3-1)22-9-14-11-23(12-15(14)10-22)17-6-8-20-18(21-17)13-4-5-13/h1-3,6-8,13-15H,4-5,9-12H2. The van der Waals surface area contributed by atoms with Crippen LogP contribution in [-0.2, 0) is 0 Å². The lowest BCUT2D eigenvalue weighted by atomic mass is 10.0. The van der Waals surface area contributed by atoms with Crippen LogP contribution < -0.4 is 9.80 Å². The maximum Gasteiger partial charge on any atom is 0.133 e. The Labute approximate surface area is 136 Å². The van der Waals surface area contributed by atoms with Crippen LogP contribution in [0.3, 0.4) is 0 Å². The second-order valence-electron chi connectivity index (χ2n) is 7.07. The molecule has 3 aliphatic rings. The summed E-state index contributed by atoms with van der Waals surface area (Å²) < 4.78 is 0. The van der Waals surface area contributed by atoms with Gasteiger partial charge in [0.25, 0.3) is 0 Å². The Hall–Kier alpha value is -2.17. The van der Waals surface area contributed by atoms with E-state index in [2.05, 4.69) is 38.0 Å². The number of hydrogen-bond acceptors (Lipinski definition) is 5. The van der Waals surface area contributed by atoms with Crippen molar-refractivity contribution in [3.8, 4) is 0 Å². The number of pyridine rings is 1. The molecule has 2 aliphatic heterocycles. The second kappa shape index (κ2) is 5.18. The van der Waals surface area contributed by atoms with Crippen LogP contribution >= 0.6 is 0 Å². The van der Waals surface area contributed by atoms with Gasteiger partial charge in [0.05, 0.1) is 0 Å². The minimum Gasteiger partial charge on any atom is -0.356 e. The van der Waals surface area contributed by atoms with Crippen molar-refractivity contribution in [2.45, 2.75) is 18.8 Å². The van der Waals surface area contributed by atoms with Gasteiger partial charge in [-0.05, 0) is 31.0 Å². The van der Waals surface area contributed by atoms with Crippen molar-refractivity contribution in [2.24, 2.45) is 11.8 Å². The highest BCUT2D eigenvalue weighted by Gasteiger charge is 2.41. The second-order valence-corrected chi connectivity index (χ2v) is 7.07. The predicted octanol–water partition coefficient (Wildman–Crippen LogP) is 2.32. The van der Waals surface area contributed by atoms with Gasteiger partial charge >= 0.3 is 0 Å². The fraction of sp³-hybridized carbons (Fsp3) is 0.500. The molecule has 118 valence electrons. The summed E-state index contributed by atoms with van der Waals surface area (Å²) in [6.07, 6.45) is 6.34. The molecule has 0 aromatic carbocycles. The van der Waals surface area contributed by atoms with Crippen LogP contribution in [-0.4, -0.2) is 41.1 Å². The van der Waals surface area contributed by atoms with E-state index in [1.807, 2.05) is 18.5 Å². The maximum atomic E-state index is 4.81. The lowest BCUT2D eigenvalue weighted by Gasteiger charge is -2.23. The van der Waals surface area contributed by atoms with E-state index in [0.717, 1.165) is 55.5 Å². The van der Waals surface area contributed by atoms with E-state index in [-0.39, 0.29) is 0 Å². The van der Waals surface area contributed by atoms with Gasteiger partial charge in [-0.3, -0.25) is 0 Å². The topological polar surface area (TPSA) is 45.2 Å². The van der Waals surface area contributed by atoms with Crippen molar-refractivity contribution < 1.29 is 0 Å². The van der Waals surface area contributed by atoms with E-state index in [1.54, 1.807) is 0 Å². The summed E-state index contributed by atoms with van der Waals surface area (Å²) in [5.74, 6) is 5.35. The SMILES string of the molecule is c1ccc(N2CC3CN(c4ccnc(C5CC5)n4)CC3C2)nc1. The molecule has 2 atom stereocenters. The molecule has 5 nitrogen and oxygen atoms in total. The third-order valence-corrected chi connectivity index (χ3v) is 5.39. The number of aromatic nitrogens is 3. The molecule has 23 heavy (non-hydrogen) atoms. The summed E-state index contributed by atoms with van der Waals surface area (Å²) in [6.45, 7) is 4.43. The van der Waals surface area contributed by atoms with Crippen molar-refractivity contribution in [3.05, 3.63) is 42.5 Å². The Morgan fingerprint density at radius 1 is 0.783 bits per heavy atom. The molecule has 3 fully saturated rings. The van der Waals surface area contributed by atoms with Crippen molar-refractivity contribution >= 4 is 11.6 Å². The van der Waals surface area contributed by atoms with E-state index >= 15 is 0 Å². The van der Waals surface area contributed by atoms with E-state index < -0.39 is 0 Å². The molecule has 5 heteroatoms. The molecule has 0 spiro atoms. The third kappa shape index (κ3) is 2.44. The van der Waals surface area contributed by atoms with Gasteiger partial charge in [-0.15, -0.1) is 0 Å². The molecule has 2 unspecified atom stereocenters. The number of hydrogen-bond donors (Lipinski definition) is 0. The zero-order valence-corrected chi connectivity index (χ0v) is 13.2. The van der Waals surface area contributed by atoms with Crippen molar-refractivity contribution in [1.82, 2.24) is 15.0 Å². The number of rotatable bonds is 3. The van der Waals surface area contributed by atoms with Crippen molar-refractivity contribution in [1.29, 1.82) is 0 Å². The molecule has 4 heterocycles. The number of fused-ring (bicyclic) bond motifs is 1. The highest BCUT2D eigenvalue weighted by Crippen LogP contribution is 2.39. The molecule has 1 aliphatic carbocycles. The van der Waals surface area contributed by atoms with Gasteiger partial charge in [0, 0.05) is 56.3 Å². The van der Waals surface area contributed by atoms with Gasteiger partial charge in [-0.2, -0.15) is 0 Å². The zero-order valence-electron chi connectivity index (χ0n) is 13.2. The van der Waals surface area contributed by atoms with E-state index in [9.17, 15) is 0 Å². The highest BCUT2D eigenvalue weighted by molar-refractivity contribution is 5.44. The first-order valence-electron chi connectivity index (χ1n) is 8.61. The minimum absolute atomic E-state index is 0.622. The van der Waals surface area contributed by atoms with Crippen LogP contribution in [0.25, 0.3) is 0 Å². The lowest BCUT2D eigenvalue weighted by Crippen LogP contribution is -2.29. The van der Waals surface area contributed by atoms with Crippen LogP contribution in [0.4, 0.5) is 11.6 Å². The molecular weight excluding hydrogens is 286 g/mol. The Balaban J connectivity index is 1.29. The predicted molar refractivity (Wildman–Crippen MR) is 89.7 cm³/mol. The average Bonchev–Trinajstić information content (AvgIpc) is 3.26. The zero-order chi connectivity index (χ0) is 15.2. The van der Waals surface area contributed by atoms with Gasteiger partial charge in [0.2, 0.25) is 0 Å². The van der Waals surface area contributed by atoms with Crippen LogP contribution in [0.1, 0.15) is 24.6 Å². The molecule has 5 rings (SSSR count). The molecule has 2 aromatic rings. The highest BCUT2D eigenvalue weighted by atomic mass is 15.3. The molecule has 0 bridgehead atoms. The number of nitrogens with zero attached hydrogens (tertiary/aromatic N) is 5. The maximum absolute atomic E-state index is 4.81. The number of anilines is 2. The largest absolute Gasteiger partial charge is 0.356 e. The van der Waals surface area contributed by atoms with E-state index in [0.29, 0.717) is 5.92 Å². The Bertz CT molecular complexity index is 686. The van der Waals surface area contributed by atoms with Gasteiger partial charge in [-0.1, -0.05) is 6.07 Å². The van der Waals surface area contributed by atoms with Crippen LogP contribution in [0.2, 0.25) is 0 Å². The quantitative estimate of drug-likeness (QED) is 0.871. The van der Waals surface area contributed by atoms with Gasteiger partial charge < -0.3 is 9.80 Å². The first kappa shape index (κ1) is 13.3. The summed E-state index contributed by atoms with van der Waals surface area (Å²) in [5.41, 5.74) is 0. The summed E-state index contributed by atoms with van der Waals surface area (Å²) in [4.78, 5) is 18.6. The summed E-state index contributed by atoms with van der Waals surface area (Å²) in [6, 6.07) is 8.24. The van der Waals surface area contributed by atoms with Gasteiger partial charge in [-0.25, -0.2) is 15.0 Å². The summed E-state index contributed by atoms with van der Waals surface area (Å²) in [5, 5.41) is 0. The molecule has 0 amide bonds. The van der Waals surface area contributed by atoms with Crippen molar-refractivity contribution in [2.75, 3.05) is 36.0 Å². The monoisotopic (exact) mass is 307 g/mol. The fourth-order valence-corrected chi connectivity index (χ4v) is 3.99. The molecule has 0 radical (unpaired) electrons. The van der Waals surface area contributed by atoms with Crippen molar-refractivity contribution in [3.63, 3.8) is 0 Å². The molecule has 2 saturated heterocycles. The Kier molecular flexibility index (Phi) is 2.99. The first-order valence-corrected chi connectivity index (χ1v) is 8.61. The fourth-order valence-electron chi connectivity index (χ4n) is 3.99. The molecule has 1 saturated carbocycles. The average molecular weight is 307 g/mol. The van der Waals surface area contributed by atoms with Crippen LogP contribution in [0.5, 0.6) is 0 Å².